The molecule has 0 atom stereocenters. The Labute approximate surface area is 169 Å². The maximum Gasteiger partial charge on any atom is 0.255 e. The van der Waals surface area contributed by atoms with E-state index in [1.165, 1.54) is 0 Å². The lowest BCUT2D eigenvalue weighted by molar-refractivity contribution is 0.102. The Hall–Kier alpha value is -3.51. The first-order valence-corrected chi connectivity index (χ1v) is 10.7. The lowest BCUT2D eigenvalue weighted by Gasteiger charge is -2.08. The molecule has 4 aromatic rings. The zero-order valence-corrected chi connectivity index (χ0v) is 16.3. The summed E-state index contributed by atoms with van der Waals surface area (Å²) in [6, 6.07) is 24.4. The van der Waals surface area contributed by atoms with Crippen molar-refractivity contribution in [2.75, 3.05) is 5.32 Å². The van der Waals surface area contributed by atoms with Gasteiger partial charge in [0, 0.05) is 10.9 Å². The van der Waals surface area contributed by atoms with Gasteiger partial charge in [-0.05, 0) is 42.0 Å². The molecular formula is C23H18N2O3S. The molecule has 0 aliphatic carbocycles. The van der Waals surface area contributed by atoms with E-state index in [0.717, 1.165) is 10.9 Å². The number of carbonyl (C=O) groups excluding carboxylic acids is 1. The summed E-state index contributed by atoms with van der Waals surface area (Å²) < 4.78 is 25.0. The molecule has 3 aromatic carbocycles. The van der Waals surface area contributed by atoms with Crippen molar-refractivity contribution in [1.82, 2.24) is 4.98 Å². The Morgan fingerprint density at radius 2 is 1.55 bits per heavy atom. The first-order valence-electron chi connectivity index (χ1n) is 9.04. The van der Waals surface area contributed by atoms with Crippen molar-refractivity contribution in [3.05, 3.63) is 102 Å². The third-order valence-corrected chi connectivity index (χ3v) is 6.23. The number of benzene rings is 3. The second-order valence-electron chi connectivity index (χ2n) is 6.64. The third kappa shape index (κ3) is 4.33. The minimum Gasteiger partial charge on any atom is -0.321 e. The lowest BCUT2D eigenvalue weighted by Crippen LogP contribution is -2.12. The highest BCUT2D eigenvalue weighted by Crippen LogP contribution is 2.19. The molecule has 0 fully saturated rings. The van der Waals surface area contributed by atoms with Crippen LogP contribution in [0.1, 0.15) is 15.9 Å². The predicted molar refractivity (Wildman–Crippen MR) is 113 cm³/mol. The molecule has 0 spiro atoms. The molecule has 0 saturated heterocycles. The number of anilines is 1. The number of hydrogen-bond acceptors (Lipinski definition) is 4. The largest absolute Gasteiger partial charge is 0.321 e. The molecule has 6 heteroatoms. The zero-order chi connectivity index (χ0) is 20.3. The van der Waals surface area contributed by atoms with Crippen molar-refractivity contribution in [2.45, 2.75) is 10.6 Å². The number of fused-ring (bicyclic) bond motifs is 1. The number of sulfone groups is 1. The van der Waals surface area contributed by atoms with Crippen LogP contribution in [0.25, 0.3) is 10.9 Å². The number of rotatable bonds is 5. The molecular weight excluding hydrogens is 384 g/mol. The average Bonchev–Trinajstić information content (AvgIpc) is 2.74. The second-order valence-corrected chi connectivity index (χ2v) is 8.63. The molecule has 0 unspecified atom stereocenters. The maximum absolute atomic E-state index is 12.5. The van der Waals surface area contributed by atoms with Crippen LogP contribution in [0.5, 0.6) is 0 Å². The molecule has 5 nitrogen and oxygen atoms in total. The summed E-state index contributed by atoms with van der Waals surface area (Å²) in [7, 11) is -3.42. The number of nitrogens with one attached hydrogen (secondary N) is 1. The van der Waals surface area contributed by atoms with Crippen LogP contribution in [0.2, 0.25) is 0 Å². The van der Waals surface area contributed by atoms with E-state index in [-0.39, 0.29) is 16.6 Å². The summed E-state index contributed by atoms with van der Waals surface area (Å²) in [5.41, 5.74) is 2.52. The Morgan fingerprint density at radius 3 is 2.31 bits per heavy atom. The highest BCUT2D eigenvalue weighted by Gasteiger charge is 2.15. The fourth-order valence-electron chi connectivity index (χ4n) is 3.03. The van der Waals surface area contributed by atoms with E-state index in [0.29, 0.717) is 16.8 Å². The lowest BCUT2D eigenvalue weighted by atomic mass is 10.1. The Morgan fingerprint density at radius 1 is 0.862 bits per heavy atom. The summed E-state index contributed by atoms with van der Waals surface area (Å²) in [6.07, 6.45) is 1.61. The van der Waals surface area contributed by atoms with Gasteiger partial charge >= 0.3 is 0 Å². The number of pyridine rings is 1. The van der Waals surface area contributed by atoms with E-state index in [1.54, 1.807) is 60.8 Å². The topological polar surface area (TPSA) is 76.1 Å². The van der Waals surface area contributed by atoms with Gasteiger partial charge in [0.1, 0.15) is 0 Å². The Kier molecular flexibility index (Phi) is 5.10. The second kappa shape index (κ2) is 7.85. The summed E-state index contributed by atoms with van der Waals surface area (Å²) >= 11 is 0. The van der Waals surface area contributed by atoms with Crippen LogP contribution in [0, 0.1) is 0 Å². The van der Waals surface area contributed by atoms with Crippen molar-refractivity contribution < 1.29 is 13.2 Å². The first kappa shape index (κ1) is 18.8. The van der Waals surface area contributed by atoms with E-state index in [9.17, 15) is 13.2 Å². The van der Waals surface area contributed by atoms with E-state index < -0.39 is 9.84 Å². The van der Waals surface area contributed by atoms with Crippen molar-refractivity contribution in [3.63, 3.8) is 0 Å². The minimum absolute atomic E-state index is 0.118. The van der Waals surface area contributed by atoms with Gasteiger partial charge in [-0.1, -0.05) is 48.5 Å². The standard InChI is InChI=1S/C23H18N2O3S/c26-23(25-20-14-19-6-4-5-9-22(19)24-15-20)18-12-10-17(11-13-18)16-29(27,28)21-7-2-1-3-8-21/h1-15H,16H2,(H,25,26). The van der Waals surface area contributed by atoms with E-state index >= 15 is 0 Å². The minimum atomic E-state index is -3.42. The van der Waals surface area contributed by atoms with Crippen LogP contribution in [0.3, 0.4) is 0 Å². The van der Waals surface area contributed by atoms with Crippen molar-refractivity contribution in [1.29, 1.82) is 0 Å². The van der Waals surface area contributed by atoms with Crippen LogP contribution < -0.4 is 5.32 Å². The number of aromatic nitrogens is 1. The predicted octanol–water partition coefficient (Wildman–Crippen LogP) is 4.46. The van der Waals surface area contributed by atoms with Crippen LogP contribution in [0.15, 0.2) is 96.0 Å². The van der Waals surface area contributed by atoms with Gasteiger partial charge in [0.05, 0.1) is 28.0 Å². The smallest absolute Gasteiger partial charge is 0.255 e. The van der Waals surface area contributed by atoms with Crippen molar-refractivity contribution in [3.8, 4) is 0 Å². The van der Waals surface area contributed by atoms with Crippen molar-refractivity contribution in [2.24, 2.45) is 0 Å². The van der Waals surface area contributed by atoms with Gasteiger partial charge in [-0.15, -0.1) is 0 Å². The van der Waals surface area contributed by atoms with Gasteiger partial charge in [0.2, 0.25) is 0 Å². The number of nitrogens with zero attached hydrogens (tertiary/aromatic N) is 1. The molecule has 1 aromatic heterocycles. The van der Waals surface area contributed by atoms with Crippen LogP contribution in [-0.4, -0.2) is 19.3 Å². The third-order valence-electron chi connectivity index (χ3n) is 4.52. The zero-order valence-electron chi connectivity index (χ0n) is 15.4. The number of para-hydroxylation sites is 1. The molecule has 0 saturated carbocycles. The summed E-state index contributed by atoms with van der Waals surface area (Å²) in [4.78, 5) is 17.1. The summed E-state index contributed by atoms with van der Waals surface area (Å²) in [5.74, 6) is -0.396. The van der Waals surface area contributed by atoms with E-state index in [4.69, 9.17) is 0 Å². The molecule has 144 valence electrons. The van der Waals surface area contributed by atoms with Gasteiger partial charge in [0.15, 0.2) is 9.84 Å². The quantitative estimate of drug-likeness (QED) is 0.535. The van der Waals surface area contributed by atoms with Gasteiger partial charge in [0.25, 0.3) is 5.91 Å². The van der Waals surface area contributed by atoms with Gasteiger partial charge in [-0.3, -0.25) is 9.78 Å². The molecule has 1 amide bonds. The molecule has 1 heterocycles. The number of hydrogen-bond donors (Lipinski definition) is 1. The van der Waals surface area contributed by atoms with E-state index in [2.05, 4.69) is 10.3 Å². The molecule has 0 radical (unpaired) electrons. The fourth-order valence-corrected chi connectivity index (χ4v) is 4.40. The molecule has 0 bridgehead atoms. The number of carbonyl (C=O) groups is 1. The maximum atomic E-state index is 12.5. The van der Waals surface area contributed by atoms with Gasteiger partial charge in [-0.2, -0.15) is 0 Å². The monoisotopic (exact) mass is 402 g/mol. The average molecular weight is 402 g/mol. The van der Waals surface area contributed by atoms with Crippen LogP contribution >= 0.6 is 0 Å². The normalized spacial score (nSPS) is 11.3. The SMILES string of the molecule is O=C(Nc1cnc2ccccc2c1)c1ccc(CS(=O)(=O)c2ccccc2)cc1. The van der Waals surface area contributed by atoms with Crippen LogP contribution in [-0.2, 0) is 15.6 Å². The molecule has 0 aliphatic rings. The number of amides is 1. The highest BCUT2D eigenvalue weighted by molar-refractivity contribution is 7.90. The van der Waals surface area contributed by atoms with Crippen LogP contribution in [0.4, 0.5) is 5.69 Å². The Balaban J connectivity index is 1.47. The Bertz CT molecular complexity index is 1270. The van der Waals surface area contributed by atoms with Gasteiger partial charge < -0.3 is 5.32 Å². The molecule has 29 heavy (non-hydrogen) atoms. The molecule has 1 N–H and O–H groups in total. The van der Waals surface area contributed by atoms with Gasteiger partial charge in [-0.25, -0.2) is 8.42 Å². The first-order chi connectivity index (χ1) is 14.0. The summed E-state index contributed by atoms with van der Waals surface area (Å²) in [6.45, 7) is 0. The molecule has 4 rings (SSSR count). The van der Waals surface area contributed by atoms with E-state index in [1.807, 2.05) is 30.3 Å². The fraction of sp³-hybridized carbons (Fsp3) is 0.0435. The summed E-state index contributed by atoms with van der Waals surface area (Å²) in [5, 5.41) is 3.76. The van der Waals surface area contributed by atoms with Crippen molar-refractivity contribution >= 4 is 32.3 Å². The molecule has 0 aliphatic heterocycles. The highest BCUT2D eigenvalue weighted by atomic mass is 32.2.